The summed E-state index contributed by atoms with van der Waals surface area (Å²) in [5, 5.41) is 43.5. The van der Waals surface area contributed by atoms with Gasteiger partial charge in [-0.05, 0) is 77.0 Å². The molecule has 0 aliphatic heterocycles. The van der Waals surface area contributed by atoms with Crippen LogP contribution in [-0.2, 0) is 4.79 Å². The summed E-state index contributed by atoms with van der Waals surface area (Å²) >= 11 is 0. The lowest BCUT2D eigenvalue weighted by molar-refractivity contribution is -0.132. The first-order valence-electron chi connectivity index (χ1n) is 20.9. The van der Waals surface area contributed by atoms with Crippen molar-refractivity contribution in [1.29, 1.82) is 0 Å². The summed E-state index contributed by atoms with van der Waals surface area (Å²) < 4.78 is 0. The maximum Gasteiger partial charge on any atom is 0.249 e. The fraction of sp³-hybridized carbons (Fsp3) is 0.837. The summed E-state index contributed by atoms with van der Waals surface area (Å²) in [6.45, 7) is 4.01. The quantitative estimate of drug-likeness (QED) is 0.0329. The third kappa shape index (κ3) is 32.2. The van der Waals surface area contributed by atoms with Gasteiger partial charge in [-0.15, -0.1) is 0 Å². The Morgan fingerprint density at radius 2 is 0.857 bits per heavy atom. The van der Waals surface area contributed by atoms with E-state index in [0.717, 1.165) is 51.4 Å². The number of rotatable bonds is 37. The van der Waals surface area contributed by atoms with Gasteiger partial charge in [0.15, 0.2) is 0 Å². The maximum absolute atomic E-state index is 12.5. The molecular weight excluding hydrogens is 610 g/mol. The van der Waals surface area contributed by atoms with Crippen LogP contribution in [0.4, 0.5) is 0 Å². The van der Waals surface area contributed by atoms with E-state index in [2.05, 4.69) is 55.6 Å². The standard InChI is InChI=1S/C43H81NO5/c1-3-5-7-9-11-13-15-17-19-21-23-24-26-28-30-32-34-36-40(46)42(48)39(38-45)44-43(49)41(47)37-35-33-31-29-27-25-22-20-18-16-14-12-10-8-6-4-2/h18,20-21,23,28,30,39-42,45-48H,3-17,19,22,24-27,29,31-38H2,1-2H3,(H,44,49)/b20-18-,23-21+,30-28+. The van der Waals surface area contributed by atoms with Gasteiger partial charge >= 0.3 is 0 Å². The summed E-state index contributed by atoms with van der Waals surface area (Å²) in [5.41, 5.74) is 0. The Morgan fingerprint density at radius 3 is 1.29 bits per heavy atom. The van der Waals surface area contributed by atoms with E-state index in [1.165, 1.54) is 116 Å². The van der Waals surface area contributed by atoms with Gasteiger partial charge in [-0.2, -0.15) is 0 Å². The molecule has 0 aliphatic rings. The molecule has 0 aromatic rings. The Balaban J connectivity index is 3.85. The topological polar surface area (TPSA) is 110 Å². The van der Waals surface area contributed by atoms with E-state index in [1.54, 1.807) is 0 Å². The molecule has 0 aromatic heterocycles. The van der Waals surface area contributed by atoms with Crippen molar-refractivity contribution < 1.29 is 25.2 Å². The van der Waals surface area contributed by atoms with Gasteiger partial charge in [0.25, 0.3) is 0 Å². The monoisotopic (exact) mass is 692 g/mol. The number of allylic oxidation sites excluding steroid dienone is 6. The molecule has 1 amide bonds. The highest BCUT2D eigenvalue weighted by atomic mass is 16.3. The van der Waals surface area contributed by atoms with Crippen LogP contribution in [0.25, 0.3) is 0 Å². The van der Waals surface area contributed by atoms with Gasteiger partial charge < -0.3 is 25.7 Å². The second-order valence-corrected chi connectivity index (χ2v) is 14.3. The number of amides is 1. The van der Waals surface area contributed by atoms with Gasteiger partial charge in [-0.1, -0.05) is 159 Å². The van der Waals surface area contributed by atoms with Crippen molar-refractivity contribution in [1.82, 2.24) is 5.32 Å². The van der Waals surface area contributed by atoms with E-state index in [0.29, 0.717) is 19.3 Å². The SMILES string of the molecule is CCCCCCCC/C=C\CCCCCCCCC(O)C(=O)NC(CO)C(O)C(O)CCC/C=C/CC/C=C/CCCCCCCCCC. The van der Waals surface area contributed by atoms with Crippen molar-refractivity contribution in [2.24, 2.45) is 0 Å². The third-order valence-corrected chi connectivity index (χ3v) is 9.55. The van der Waals surface area contributed by atoms with Crippen molar-refractivity contribution in [3.8, 4) is 0 Å². The van der Waals surface area contributed by atoms with Crippen molar-refractivity contribution in [3.63, 3.8) is 0 Å². The fourth-order valence-corrected chi connectivity index (χ4v) is 6.18. The normalized spacial score (nSPS) is 14.7. The Kier molecular flexibility index (Phi) is 36.6. The average Bonchev–Trinajstić information content (AvgIpc) is 3.11. The molecule has 0 aliphatic carbocycles. The zero-order valence-corrected chi connectivity index (χ0v) is 32.2. The Labute approximate surface area is 303 Å². The van der Waals surface area contributed by atoms with Crippen molar-refractivity contribution in [2.45, 2.75) is 224 Å². The first kappa shape index (κ1) is 47.5. The predicted octanol–water partition coefficient (Wildman–Crippen LogP) is 10.6. The molecule has 6 heteroatoms. The molecule has 0 radical (unpaired) electrons. The molecule has 6 nitrogen and oxygen atoms in total. The van der Waals surface area contributed by atoms with Crippen LogP contribution in [-0.4, -0.2) is 57.3 Å². The molecule has 0 rings (SSSR count). The van der Waals surface area contributed by atoms with Gasteiger partial charge in [0, 0.05) is 0 Å². The predicted molar refractivity (Wildman–Crippen MR) is 210 cm³/mol. The van der Waals surface area contributed by atoms with Gasteiger partial charge in [-0.3, -0.25) is 4.79 Å². The van der Waals surface area contributed by atoms with Gasteiger partial charge in [0.05, 0.1) is 18.8 Å². The molecule has 0 saturated heterocycles. The molecule has 4 atom stereocenters. The number of hydrogen-bond donors (Lipinski definition) is 5. The highest BCUT2D eigenvalue weighted by Crippen LogP contribution is 2.14. The molecule has 0 spiro atoms. The van der Waals surface area contributed by atoms with Crippen LogP contribution < -0.4 is 5.32 Å². The second-order valence-electron chi connectivity index (χ2n) is 14.3. The van der Waals surface area contributed by atoms with E-state index in [4.69, 9.17) is 0 Å². The Hall–Kier alpha value is -1.47. The molecule has 0 aromatic carbocycles. The summed E-state index contributed by atoms with van der Waals surface area (Å²) in [4.78, 5) is 12.5. The summed E-state index contributed by atoms with van der Waals surface area (Å²) in [6, 6.07) is -1.01. The van der Waals surface area contributed by atoms with Crippen LogP contribution in [0.1, 0.15) is 200 Å². The van der Waals surface area contributed by atoms with E-state index in [-0.39, 0.29) is 0 Å². The number of unbranched alkanes of at least 4 members (excludes halogenated alkanes) is 22. The highest BCUT2D eigenvalue weighted by molar-refractivity contribution is 5.80. The highest BCUT2D eigenvalue weighted by Gasteiger charge is 2.28. The van der Waals surface area contributed by atoms with Crippen molar-refractivity contribution in [2.75, 3.05) is 6.61 Å². The van der Waals surface area contributed by atoms with Gasteiger partial charge in [-0.25, -0.2) is 0 Å². The van der Waals surface area contributed by atoms with Gasteiger partial charge in [0.1, 0.15) is 12.2 Å². The second kappa shape index (κ2) is 37.8. The lowest BCUT2D eigenvalue weighted by atomic mass is 10.00. The minimum atomic E-state index is -1.29. The number of nitrogens with one attached hydrogen (secondary N) is 1. The van der Waals surface area contributed by atoms with Crippen LogP contribution in [0.2, 0.25) is 0 Å². The van der Waals surface area contributed by atoms with Crippen LogP contribution in [0.5, 0.6) is 0 Å². The minimum absolute atomic E-state index is 0.352. The van der Waals surface area contributed by atoms with Gasteiger partial charge in [0.2, 0.25) is 5.91 Å². The number of hydrogen-bond acceptors (Lipinski definition) is 5. The lowest BCUT2D eigenvalue weighted by Crippen LogP contribution is -2.53. The number of aliphatic hydroxyl groups is 4. The van der Waals surface area contributed by atoms with Crippen molar-refractivity contribution in [3.05, 3.63) is 36.5 Å². The minimum Gasteiger partial charge on any atom is -0.394 e. The van der Waals surface area contributed by atoms with E-state index in [1.807, 2.05) is 0 Å². The van der Waals surface area contributed by atoms with E-state index in [9.17, 15) is 25.2 Å². The lowest BCUT2D eigenvalue weighted by Gasteiger charge is -2.27. The summed E-state index contributed by atoms with van der Waals surface area (Å²) in [7, 11) is 0. The van der Waals surface area contributed by atoms with Crippen LogP contribution >= 0.6 is 0 Å². The fourth-order valence-electron chi connectivity index (χ4n) is 6.18. The maximum atomic E-state index is 12.5. The zero-order chi connectivity index (χ0) is 36.0. The number of carbonyl (C=O) groups is 1. The molecule has 288 valence electrons. The van der Waals surface area contributed by atoms with E-state index < -0.39 is 36.9 Å². The molecular formula is C43H81NO5. The van der Waals surface area contributed by atoms with Crippen molar-refractivity contribution >= 4 is 5.91 Å². The molecule has 0 fully saturated rings. The van der Waals surface area contributed by atoms with Crippen LogP contribution in [0, 0.1) is 0 Å². The number of carbonyl (C=O) groups excluding carboxylic acids is 1. The Bertz CT molecular complexity index is 782. The zero-order valence-electron chi connectivity index (χ0n) is 32.2. The van der Waals surface area contributed by atoms with Crippen LogP contribution in [0.3, 0.4) is 0 Å². The molecule has 0 heterocycles. The molecule has 4 unspecified atom stereocenters. The molecule has 5 N–H and O–H groups in total. The first-order valence-corrected chi connectivity index (χ1v) is 20.9. The summed E-state index contributed by atoms with van der Waals surface area (Å²) in [6.07, 6.45) is 43.1. The third-order valence-electron chi connectivity index (χ3n) is 9.55. The number of aliphatic hydroxyl groups excluding tert-OH is 4. The largest absolute Gasteiger partial charge is 0.394 e. The first-order chi connectivity index (χ1) is 24.0. The summed E-state index contributed by atoms with van der Waals surface area (Å²) in [5.74, 6) is -0.604. The smallest absolute Gasteiger partial charge is 0.249 e. The van der Waals surface area contributed by atoms with Crippen LogP contribution in [0.15, 0.2) is 36.5 Å². The molecule has 0 saturated carbocycles. The Morgan fingerprint density at radius 1 is 0.490 bits per heavy atom. The molecule has 49 heavy (non-hydrogen) atoms. The van der Waals surface area contributed by atoms with E-state index >= 15 is 0 Å². The average molecular weight is 692 g/mol. The molecule has 0 bridgehead atoms.